The summed E-state index contributed by atoms with van der Waals surface area (Å²) in [5.41, 5.74) is 2.74. The lowest BCUT2D eigenvalue weighted by Gasteiger charge is -2.23. The molecule has 1 aliphatic rings. The maximum Gasteiger partial charge on any atom is 0.265 e. The van der Waals surface area contributed by atoms with E-state index >= 15 is 0 Å². The quantitative estimate of drug-likeness (QED) is 0.740. The van der Waals surface area contributed by atoms with Crippen molar-refractivity contribution in [2.45, 2.75) is 13.0 Å². The fourth-order valence-electron chi connectivity index (χ4n) is 2.59. The highest BCUT2D eigenvalue weighted by molar-refractivity contribution is 7.14. The molecule has 2 N–H and O–H groups in total. The van der Waals surface area contributed by atoms with E-state index in [-0.39, 0.29) is 11.8 Å². The molecular weight excluding hydrogens is 350 g/mol. The number of aromatic nitrogens is 1. The van der Waals surface area contributed by atoms with Crippen LogP contribution in [-0.2, 0) is 4.79 Å². The molecule has 130 valence electrons. The summed E-state index contributed by atoms with van der Waals surface area (Å²) in [5.74, 6) is 0.254. The van der Waals surface area contributed by atoms with Crippen molar-refractivity contribution in [3.8, 4) is 17.0 Å². The maximum absolute atomic E-state index is 12.2. The van der Waals surface area contributed by atoms with E-state index in [1.165, 1.54) is 11.3 Å². The zero-order chi connectivity index (χ0) is 18.1. The molecule has 0 fully saturated rings. The van der Waals surface area contributed by atoms with Crippen molar-refractivity contribution in [2.75, 3.05) is 10.6 Å². The molecule has 2 heterocycles. The number of nitrogens with zero attached hydrogens (tertiary/aromatic N) is 1. The van der Waals surface area contributed by atoms with Gasteiger partial charge in [-0.25, -0.2) is 4.98 Å². The number of carbonyl (C=O) groups is 2. The van der Waals surface area contributed by atoms with E-state index < -0.39 is 6.10 Å². The minimum Gasteiger partial charge on any atom is -0.479 e. The molecule has 0 aliphatic carbocycles. The summed E-state index contributed by atoms with van der Waals surface area (Å²) < 4.78 is 5.55. The van der Waals surface area contributed by atoms with Crippen LogP contribution in [0.5, 0.6) is 5.75 Å². The van der Waals surface area contributed by atoms with Crippen molar-refractivity contribution in [1.82, 2.24) is 4.98 Å². The topological polar surface area (TPSA) is 80.3 Å². The highest BCUT2D eigenvalue weighted by Crippen LogP contribution is 2.34. The number of hydrogen-bond acceptors (Lipinski definition) is 5. The van der Waals surface area contributed by atoms with Gasteiger partial charge in [-0.1, -0.05) is 18.2 Å². The number of thiazole rings is 1. The Balaban J connectivity index is 1.54. The molecule has 0 bridgehead atoms. The zero-order valence-electron chi connectivity index (χ0n) is 13.9. The van der Waals surface area contributed by atoms with Crippen molar-refractivity contribution >= 4 is 34.0 Å². The highest BCUT2D eigenvalue weighted by Gasteiger charge is 2.23. The second kappa shape index (κ2) is 6.61. The highest BCUT2D eigenvalue weighted by atomic mass is 32.1. The van der Waals surface area contributed by atoms with Crippen molar-refractivity contribution in [3.63, 3.8) is 0 Å². The third-order valence-electron chi connectivity index (χ3n) is 3.97. The summed E-state index contributed by atoms with van der Waals surface area (Å²) in [4.78, 5) is 28.4. The summed E-state index contributed by atoms with van der Waals surface area (Å²) in [5, 5.41) is 7.99. The lowest BCUT2D eigenvalue weighted by Crippen LogP contribution is -2.34. The predicted octanol–water partition coefficient (Wildman–Crippen LogP) is 3.78. The normalized spacial score (nSPS) is 15.6. The summed E-state index contributed by atoms with van der Waals surface area (Å²) in [7, 11) is 0. The molecule has 2 aromatic carbocycles. The molecule has 3 aromatic rings. The molecule has 2 amide bonds. The number of carbonyl (C=O) groups excluding carboxylic acids is 2. The minimum absolute atomic E-state index is 0.177. The Morgan fingerprint density at radius 2 is 2.04 bits per heavy atom. The first-order valence-electron chi connectivity index (χ1n) is 8.04. The van der Waals surface area contributed by atoms with Crippen LogP contribution < -0.4 is 15.4 Å². The Labute approximate surface area is 153 Å². The van der Waals surface area contributed by atoms with Crippen LogP contribution in [0.4, 0.5) is 10.8 Å². The number of amides is 2. The molecule has 0 radical (unpaired) electrons. The number of benzene rings is 2. The van der Waals surface area contributed by atoms with Gasteiger partial charge in [0.15, 0.2) is 11.2 Å². The molecule has 1 aromatic heterocycles. The molecule has 6 nitrogen and oxygen atoms in total. The number of nitrogens with one attached hydrogen (secondary N) is 2. The van der Waals surface area contributed by atoms with E-state index in [0.29, 0.717) is 27.8 Å². The van der Waals surface area contributed by atoms with Gasteiger partial charge in [-0.05, 0) is 37.3 Å². The first-order valence-corrected chi connectivity index (χ1v) is 8.92. The van der Waals surface area contributed by atoms with Crippen LogP contribution in [0.1, 0.15) is 17.3 Å². The molecule has 1 aliphatic heterocycles. The average molecular weight is 365 g/mol. The lowest BCUT2D eigenvalue weighted by molar-refractivity contribution is -0.122. The van der Waals surface area contributed by atoms with E-state index in [1.54, 1.807) is 19.1 Å². The molecule has 1 atom stereocenters. The van der Waals surface area contributed by atoms with Gasteiger partial charge in [0.1, 0.15) is 5.75 Å². The fourth-order valence-corrected chi connectivity index (χ4v) is 3.31. The maximum atomic E-state index is 12.2. The van der Waals surface area contributed by atoms with Crippen LogP contribution in [0.15, 0.2) is 53.9 Å². The smallest absolute Gasteiger partial charge is 0.265 e. The third-order valence-corrected chi connectivity index (χ3v) is 4.72. The van der Waals surface area contributed by atoms with Crippen LogP contribution in [0.2, 0.25) is 0 Å². The predicted molar refractivity (Wildman–Crippen MR) is 101 cm³/mol. The Morgan fingerprint density at radius 3 is 2.85 bits per heavy atom. The van der Waals surface area contributed by atoms with Gasteiger partial charge in [0.05, 0.1) is 11.4 Å². The second-order valence-electron chi connectivity index (χ2n) is 5.82. The first kappa shape index (κ1) is 16.3. The van der Waals surface area contributed by atoms with E-state index in [2.05, 4.69) is 15.6 Å². The molecule has 4 rings (SSSR count). The number of ether oxygens (including phenoxy) is 1. The largest absolute Gasteiger partial charge is 0.479 e. The van der Waals surface area contributed by atoms with Gasteiger partial charge < -0.3 is 10.1 Å². The number of fused-ring (bicyclic) bond motifs is 1. The SMILES string of the molecule is CC1Oc2ccc(-c3csc(NC(=O)c4ccccc4)n3)cc2NC1=O. The van der Waals surface area contributed by atoms with Crippen molar-refractivity contribution in [1.29, 1.82) is 0 Å². The van der Waals surface area contributed by atoms with Gasteiger partial charge in [0.25, 0.3) is 11.8 Å². The van der Waals surface area contributed by atoms with E-state index in [9.17, 15) is 9.59 Å². The van der Waals surface area contributed by atoms with Crippen molar-refractivity contribution < 1.29 is 14.3 Å². The van der Waals surface area contributed by atoms with E-state index in [0.717, 1.165) is 5.56 Å². The van der Waals surface area contributed by atoms with Gasteiger partial charge in [-0.2, -0.15) is 0 Å². The molecule has 0 spiro atoms. The van der Waals surface area contributed by atoms with Crippen LogP contribution in [0.25, 0.3) is 11.3 Å². The number of rotatable bonds is 3. The number of anilines is 2. The molecule has 1 unspecified atom stereocenters. The lowest BCUT2D eigenvalue weighted by atomic mass is 10.1. The van der Waals surface area contributed by atoms with E-state index in [4.69, 9.17) is 4.74 Å². The molecule has 7 heteroatoms. The third kappa shape index (κ3) is 3.16. The van der Waals surface area contributed by atoms with Crippen LogP contribution in [0, 0.1) is 0 Å². The summed E-state index contributed by atoms with van der Waals surface area (Å²) in [6, 6.07) is 14.5. The molecule has 0 saturated carbocycles. The Bertz CT molecular complexity index is 985. The van der Waals surface area contributed by atoms with Crippen molar-refractivity contribution in [2.24, 2.45) is 0 Å². The van der Waals surface area contributed by atoms with E-state index in [1.807, 2.05) is 41.8 Å². The fraction of sp³-hybridized carbons (Fsp3) is 0.105. The second-order valence-corrected chi connectivity index (χ2v) is 6.68. The van der Waals surface area contributed by atoms with Gasteiger partial charge in [0.2, 0.25) is 0 Å². The Kier molecular flexibility index (Phi) is 4.14. The average Bonchev–Trinajstić information content (AvgIpc) is 3.11. The zero-order valence-corrected chi connectivity index (χ0v) is 14.7. The summed E-state index contributed by atoms with van der Waals surface area (Å²) in [6.45, 7) is 1.70. The first-order chi connectivity index (χ1) is 12.6. The van der Waals surface area contributed by atoms with Crippen LogP contribution >= 0.6 is 11.3 Å². The Morgan fingerprint density at radius 1 is 1.23 bits per heavy atom. The molecule has 26 heavy (non-hydrogen) atoms. The van der Waals surface area contributed by atoms with Gasteiger partial charge in [0, 0.05) is 16.5 Å². The molecular formula is C19H15N3O3S. The summed E-state index contributed by atoms with van der Waals surface area (Å²) >= 11 is 1.34. The van der Waals surface area contributed by atoms with Crippen LogP contribution in [0.3, 0.4) is 0 Å². The van der Waals surface area contributed by atoms with Crippen molar-refractivity contribution in [3.05, 3.63) is 59.5 Å². The minimum atomic E-state index is -0.507. The Hall–Kier alpha value is -3.19. The standard InChI is InChI=1S/C19H15N3O3S/c1-11-17(23)20-14-9-13(7-8-16(14)25-11)15-10-26-19(21-15)22-18(24)12-5-3-2-4-6-12/h2-11H,1H3,(H,20,23)(H,21,22,24). The monoisotopic (exact) mass is 365 g/mol. The van der Waals surface area contributed by atoms with Crippen LogP contribution in [-0.4, -0.2) is 22.9 Å². The van der Waals surface area contributed by atoms with Gasteiger partial charge >= 0.3 is 0 Å². The number of hydrogen-bond donors (Lipinski definition) is 2. The van der Waals surface area contributed by atoms with Gasteiger partial charge in [-0.3, -0.25) is 14.9 Å². The molecule has 0 saturated heterocycles. The summed E-state index contributed by atoms with van der Waals surface area (Å²) in [6.07, 6.45) is -0.507. The van der Waals surface area contributed by atoms with Gasteiger partial charge in [-0.15, -0.1) is 11.3 Å².